The number of para-hydroxylation sites is 1. The minimum Gasteiger partial charge on any atom is -0.465 e. The van der Waals surface area contributed by atoms with Crippen LogP contribution in [-0.2, 0) is 14.3 Å². The van der Waals surface area contributed by atoms with Crippen LogP contribution in [0.2, 0.25) is 0 Å². The molecule has 0 saturated carbocycles. The summed E-state index contributed by atoms with van der Waals surface area (Å²) < 4.78 is 4.86. The summed E-state index contributed by atoms with van der Waals surface area (Å²) in [6.45, 7) is 3.79. The van der Waals surface area contributed by atoms with E-state index in [2.05, 4.69) is 0 Å². The van der Waals surface area contributed by atoms with E-state index in [1.807, 2.05) is 18.2 Å². The van der Waals surface area contributed by atoms with Crippen LogP contribution in [0.3, 0.4) is 0 Å². The number of anilines is 1. The molecule has 0 N–H and O–H groups in total. The summed E-state index contributed by atoms with van der Waals surface area (Å²) in [5.41, 5.74) is 0.715. The number of hydrogen-bond donors (Lipinski definition) is 0. The Labute approximate surface area is 101 Å². The van der Waals surface area contributed by atoms with Gasteiger partial charge in [0.1, 0.15) is 6.54 Å². The zero-order valence-corrected chi connectivity index (χ0v) is 10.2. The summed E-state index contributed by atoms with van der Waals surface area (Å²) in [5.74, 6) is -0.484. The Balaban J connectivity index is 2.82. The van der Waals surface area contributed by atoms with Gasteiger partial charge in [-0.15, -0.1) is 0 Å². The molecule has 0 radical (unpaired) electrons. The van der Waals surface area contributed by atoms with Crippen molar-refractivity contribution in [2.75, 3.05) is 18.1 Å². The molecule has 0 aliphatic carbocycles. The molecular formula is C13H17NO3. The highest BCUT2D eigenvalue weighted by molar-refractivity contribution is 5.97. The Morgan fingerprint density at radius 3 is 2.35 bits per heavy atom. The molecule has 0 saturated heterocycles. The van der Waals surface area contributed by atoms with Gasteiger partial charge in [-0.3, -0.25) is 9.59 Å². The largest absolute Gasteiger partial charge is 0.465 e. The zero-order chi connectivity index (χ0) is 12.7. The fourth-order valence-corrected chi connectivity index (χ4v) is 1.46. The number of ether oxygens (including phenoxy) is 1. The number of hydrogen-bond acceptors (Lipinski definition) is 3. The van der Waals surface area contributed by atoms with Crippen LogP contribution in [0.4, 0.5) is 5.69 Å². The lowest BCUT2D eigenvalue weighted by Gasteiger charge is -2.21. The minimum absolute atomic E-state index is 0.0372. The van der Waals surface area contributed by atoms with E-state index in [-0.39, 0.29) is 12.5 Å². The van der Waals surface area contributed by atoms with E-state index in [0.717, 1.165) is 0 Å². The van der Waals surface area contributed by atoms with Gasteiger partial charge in [0, 0.05) is 12.1 Å². The maximum absolute atomic E-state index is 11.8. The molecule has 1 aromatic carbocycles. The fourth-order valence-electron chi connectivity index (χ4n) is 1.46. The van der Waals surface area contributed by atoms with Gasteiger partial charge in [-0.25, -0.2) is 0 Å². The number of amides is 1. The van der Waals surface area contributed by atoms with Crippen LogP contribution in [0.1, 0.15) is 20.3 Å². The molecule has 4 heteroatoms. The zero-order valence-electron chi connectivity index (χ0n) is 10.2. The Hall–Kier alpha value is -1.84. The molecule has 17 heavy (non-hydrogen) atoms. The van der Waals surface area contributed by atoms with E-state index in [9.17, 15) is 9.59 Å². The third-order valence-corrected chi connectivity index (χ3v) is 2.26. The van der Waals surface area contributed by atoms with Crippen molar-refractivity contribution in [1.82, 2.24) is 0 Å². The normalized spacial score (nSPS) is 9.76. The van der Waals surface area contributed by atoms with Gasteiger partial charge in [0.15, 0.2) is 0 Å². The van der Waals surface area contributed by atoms with Crippen molar-refractivity contribution in [3.05, 3.63) is 30.3 Å². The smallest absolute Gasteiger partial charge is 0.326 e. The van der Waals surface area contributed by atoms with E-state index in [1.54, 1.807) is 26.0 Å². The van der Waals surface area contributed by atoms with Crippen molar-refractivity contribution in [1.29, 1.82) is 0 Å². The third-order valence-electron chi connectivity index (χ3n) is 2.26. The Kier molecular flexibility index (Phi) is 5.20. The standard InChI is InChI=1S/C13H17NO3/c1-3-12(15)14(10-13(16)17-4-2)11-8-6-5-7-9-11/h5-9H,3-4,10H2,1-2H3. The highest BCUT2D eigenvalue weighted by Crippen LogP contribution is 2.14. The molecule has 0 aromatic heterocycles. The first-order chi connectivity index (χ1) is 8.19. The molecule has 0 atom stereocenters. The summed E-state index contributed by atoms with van der Waals surface area (Å²) in [5, 5.41) is 0. The van der Waals surface area contributed by atoms with Gasteiger partial charge in [-0.2, -0.15) is 0 Å². The molecular weight excluding hydrogens is 218 g/mol. The van der Waals surface area contributed by atoms with E-state index in [4.69, 9.17) is 4.74 Å². The van der Waals surface area contributed by atoms with Crippen molar-refractivity contribution >= 4 is 17.6 Å². The lowest BCUT2D eigenvalue weighted by molar-refractivity contribution is -0.142. The SMILES string of the molecule is CCOC(=O)CN(C(=O)CC)c1ccccc1. The molecule has 0 fully saturated rings. The molecule has 0 bridgehead atoms. The summed E-state index contributed by atoms with van der Waals surface area (Å²) in [7, 11) is 0. The molecule has 1 rings (SSSR count). The van der Waals surface area contributed by atoms with Crippen molar-refractivity contribution in [2.24, 2.45) is 0 Å². The molecule has 0 spiro atoms. The minimum atomic E-state index is -0.391. The Morgan fingerprint density at radius 2 is 1.82 bits per heavy atom. The topological polar surface area (TPSA) is 46.6 Å². The van der Waals surface area contributed by atoms with E-state index in [1.165, 1.54) is 4.90 Å². The predicted octanol–water partition coefficient (Wildman–Crippen LogP) is 1.99. The lowest BCUT2D eigenvalue weighted by atomic mass is 10.2. The highest BCUT2D eigenvalue weighted by Gasteiger charge is 2.17. The predicted molar refractivity (Wildman–Crippen MR) is 65.7 cm³/mol. The molecule has 0 heterocycles. The van der Waals surface area contributed by atoms with Gasteiger partial charge >= 0.3 is 5.97 Å². The number of nitrogens with zero attached hydrogens (tertiary/aromatic N) is 1. The summed E-state index contributed by atoms with van der Waals surface area (Å²) in [6, 6.07) is 9.12. The van der Waals surface area contributed by atoms with Gasteiger partial charge in [-0.05, 0) is 19.1 Å². The number of esters is 1. The van der Waals surface area contributed by atoms with Gasteiger partial charge in [0.05, 0.1) is 6.61 Å². The maximum Gasteiger partial charge on any atom is 0.326 e. The first kappa shape index (κ1) is 13.2. The second kappa shape index (κ2) is 6.68. The summed E-state index contributed by atoms with van der Waals surface area (Å²) in [4.78, 5) is 24.6. The van der Waals surface area contributed by atoms with E-state index in [0.29, 0.717) is 18.7 Å². The summed E-state index contributed by atoms with van der Waals surface area (Å²) >= 11 is 0. The van der Waals surface area contributed by atoms with Crippen molar-refractivity contribution in [2.45, 2.75) is 20.3 Å². The van der Waals surface area contributed by atoms with Crippen molar-refractivity contribution in [3.63, 3.8) is 0 Å². The van der Waals surface area contributed by atoms with E-state index >= 15 is 0 Å². The monoisotopic (exact) mass is 235 g/mol. The molecule has 4 nitrogen and oxygen atoms in total. The number of carbonyl (C=O) groups excluding carboxylic acids is 2. The van der Waals surface area contributed by atoms with Crippen molar-refractivity contribution in [3.8, 4) is 0 Å². The fraction of sp³-hybridized carbons (Fsp3) is 0.385. The Morgan fingerprint density at radius 1 is 1.18 bits per heavy atom. The van der Waals surface area contributed by atoms with Crippen molar-refractivity contribution < 1.29 is 14.3 Å². The lowest BCUT2D eigenvalue weighted by Crippen LogP contribution is -2.36. The van der Waals surface area contributed by atoms with Crippen LogP contribution in [-0.4, -0.2) is 25.0 Å². The molecule has 0 aliphatic rings. The average Bonchev–Trinajstić information content (AvgIpc) is 2.36. The van der Waals surface area contributed by atoms with Gasteiger partial charge in [0.25, 0.3) is 0 Å². The van der Waals surface area contributed by atoms with Gasteiger partial charge in [0.2, 0.25) is 5.91 Å². The molecule has 1 amide bonds. The van der Waals surface area contributed by atoms with Crippen LogP contribution in [0.5, 0.6) is 0 Å². The van der Waals surface area contributed by atoms with E-state index < -0.39 is 5.97 Å². The summed E-state index contributed by atoms with van der Waals surface area (Å²) in [6.07, 6.45) is 0.355. The molecule has 92 valence electrons. The van der Waals surface area contributed by atoms with Crippen LogP contribution in [0.15, 0.2) is 30.3 Å². The first-order valence-corrected chi connectivity index (χ1v) is 5.70. The first-order valence-electron chi connectivity index (χ1n) is 5.70. The van der Waals surface area contributed by atoms with Crippen LogP contribution < -0.4 is 4.90 Å². The van der Waals surface area contributed by atoms with Gasteiger partial charge in [-0.1, -0.05) is 25.1 Å². The van der Waals surface area contributed by atoms with Gasteiger partial charge < -0.3 is 9.64 Å². The number of rotatable bonds is 5. The third kappa shape index (κ3) is 3.90. The van der Waals surface area contributed by atoms with Crippen LogP contribution in [0.25, 0.3) is 0 Å². The molecule has 0 aliphatic heterocycles. The molecule has 1 aromatic rings. The van der Waals surface area contributed by atoms with Crippen LogP contribution in [0, 0.1) is 0 Å². The second-order valence-corrected chi connectivity index (χ2v) is 3.47. The number of carbonyl (C=O) groups is 2. The van der Waals surface area contributed by atoms with Crippen LogP contribution >= 0.6 is 0 Å². The second-order valence-electron chi connectivity index (χ2n) is 3.47. The highest BCUT2D eigenvalue weighted by atomic mass is 16.5. The number of benzene rings is 1. The quantitative estimate of drug-likeness (QED) is 0.733. The average molecular weight is 235 g/mol. The molecule has 0 unspecified atom stereocenters. The maximum atomic E-state index is 11.8. The Bertz CT molecular complexity index is 376.